The van der Waals surface area contributed by atoms with Crippen LogP contribution in [0.3, 0.4) is 0 Å². The van der Waals surface area contributed by atoms with Crippen molar-refractivity contribution in [3.8, 4) is 0 Å². The predicted octanol–water partition coefficient (Wildman–Crippen LogP) is 4.06. The van der Waals surface area contributed by atoms with Crippen molar-refractivity contribution < 1.29 is 67.0 Å². The zero-order chi connectivity index (χ0) is 75.0. The lowest BCUT2D eigenvalue weighted by atomic mass is 9.94. The molecular formula is C74H116N12O14. The zero-order valence-electron chi connectivity index (χ0n) is 63.0. The molecule has 3 heterocycles. The van der Waals surface area contributed by atoms with Gasteiger partial charge in [0.05, 0.1) is 18.6 Å². The molecule has 2 aromatic carbocycles. The van der Waals surface area contributed by atoms with Crippen molar-refractivity contribution in [3.63, 3.8) is 0 Å². The van der Waals surface area contributed by atoms with Gasteiger partial charge in [0.15, 0.2) is 0 Å². The fourth-order valence-corrected chi connectivity index (χ4v) is 12.9. The highest BCUT2D eigenvalue weighted by Crippen LogP contribution is 2.35. The molecule has 0 bridgehead atoms. The quantitative estimate of drug-likeness (QED) is 0.157. The van der Waals surface area contributed by atoms with Gasteiger partial charge >= 0.3 is 0 Å². The number of epoxide rings is 1. The number of ether oxygens (including phenoxy) is 2. The summed E-state index contributed by atoms with van der Waals surface area (Å²) in [5.74, 6) is -9.75. The van der Waals surface area contributed by atoms with E-state index in [1.165, 1.54) is 75.7 Å². The highest BCUT2D eigenvalue weighted by Gasteiger charge is 2.62. The molecule has 2 aromatic rings. The van der Waals surface area contributed by atoms with Crippen LogP contribution in [0, 0.1) is 23.7 Å². The lowest BCUT2D eigenvalue weighted by Gasteiger charge is -2.39. The maximum Gasteiger partial charge on any atom is 0.276 e. The fraction of sp³-hybridized carbons (Fsp3) is 0.676. The van der Waals surface area contributed by atoms with Crippen LogP contribution in [0.2, 0.25) is 0 Å². The molecule has 0 radical (unpaired) electrons. The second kappa shape index (κ2) is 36.6. The molecular weight excluding hydrogens is 1280 g/mol. The van der Waals surface area contributed by atoms with E-state index < -0.39 is 168 Å². The number of rotatable bonds is 15. The third-order valence-electron chi connectivity index (χ3n) is 19.5. The topological polar surface area (TPSA) is 309 Å². The fourth-order valence-electron chi connectivity index (χ4n) is 12.9. The summed E-state index contributed by atoms with van der Waals surface area (Å²) in [5, 5.41) is 14.1. The lowest BCUT2D eigenvalue weighted by molar-refractivity contribution is -0.152. The molecule has 3 saturated heterocycles. The Morgan fingerprint density at radius 1 is 0.540 bits per heavy atom. The second-order valence-electron chi connectivity index (χ2n) is 30.0. The smallest absolute Gasteiger partial charge is 0.276 e. The van der Waals surface area contributed by atoms with Gasteiger partial charge in [-0.05, 0) is 115 Å². The van der Waals surface area contributed by atoms with E-state index in [1.54, 1.807) is 100 Å². The van der Waals surface area contributed by atoms with Crippen LogP contribution < -0.4 is 26.6 Å². The standard InChI is InChI=1S/C74H116N12O14/c1-21-47(8)61-71(97)84(19)57(39-46(6)7)63(89)77-54(70(96)86-35-29-24-30-36-86)42-60(87)80(15)49(10)67(93)81(16)56(38-45(4)5)62(88)76-53(37-44(2)3)68(94)82(17)58(40-51-31-25-22-26-32-51)64(90)78-55(43-99-73(12,13)14)69(95)83(18)59(41-52-33-27-23-28-34-52)65(91)79-74(50(11)100-74)72(98)75-48(9)66(92)85(61)20/h22-23,25-28,31-34,44-50,53-59,61H,21,24,29-30,35-43H2,1-20H3,(H,75,98)(H,76,88)(H,77,89)(H,78,90)(H,79,91)/t47-,48-,49?,50+,53-,54-,55-,56-,57-,58-,59-,61-,74+/m0/s1. The lowest BCUT2D eigenvalue weighted by Crippen LogP contribution is -2.63. The van der Waals surface area contributed by atoms with Crippen LogP contribution in [0.4, 0.5) is 0 Å². The Morgan fingerprint density at radius 3 is 1.45 bits per heavy atom. The van der Waals surface area contributed by atoms with Crippen molar-refractivity contribution in [1.82, 2.24) is 60.9 Å². The van der Waals surface area contributed by atoms with Gasteiger partial charge in [-0.1, -0.05) is 122 Å². The van der Waals surface area contributed by atoms with Crippen LogP contribution in [-0.2, 0) is 79.8 Å². The van der Waals surface area contributed by atoms with E-state index >= 15 is 33.6 Å². The van der Waals surface area contributed by atoms with Crippen molar-refractivity contribution in [3.05, 3.63) is 71.8 Å². The third-order valence-corrected chi connectivity index (χ3v) is 19.5. The van der Waals surface area contributed by atoms with Crippen LogP contribution >= 0.6 is 0 Å². The first-order chi connectivity index (χ1) is 46.8. The number of nitrogens with zero attached hydrogens (tertiary/aromatic N) is 7. The molecule has 0 aliphatic carbocycles. The number of carbonyl (C=O) groups excluding carboxylic acids is 12. The first-order valence-corrected chi connectivity index (χ1v) is 35.6. The van der Waals surface area contributed by atoms with Crippen molar-refractivity contribution in [2.75, 3.05) is 62.0 Å². The molecule has 3 aliphatic heterocycles. The number of amides is 12. The van der Waals surface area contributed by atoms with Gasteiger partial charge in [0, 0.05) is 68.2 Å². The molecule has 556 valence electrons. The first-order valence-electron chi connectivity index (χ1n) is 35.6. The van der Waals surface area contributed by atoms with Gasteiger partial charge in [-0.3, -0.25) is 57.5 Å². The van der Waals surface area contributed by atoms with Crippen molar-refractivity contribution >= 4 is 70.9 Å². The summed E-state index contributed by atoms with van der Waals surface area (Å²) in [6.07, 6.45) is 1.21. The van der Waals surface area contributed by atoms with Crippen molar-refractivity contribution in [2.45, 2.75) is 239 Å². The Kier molecular flexibility index (Phi) is 30.2. The van der Waals surface area contributed by atoms with E-state index in [9.17, 15) is 24.0 Å². The van der Waals surface area contributed by atoms with Gasteiger partial charge in [0.1, 0.15) is 66.5 Å². The summed E-state index contributed by atoms with van der Waals surface area (Å²) in [7, 11) is 8.49. The molecule has 5 N–H and O–H groups in total. The van der Waals surface area contributed by atoms with Crippen LogP contribution in [-0.4, -0.2) is 245 Å². The largest absolute Gasteiger partial charge is 0.373 e. The summed E-state index contributed by atoms with van der Waals surface area (Å²) in [5.41, 5.74) is -1.67. The van der Waals surface area contributed by atoms with E-state index in [4.69, 9.17) is 9.47 Å². The van der Waals surface area contributed by atoms with Gasteiger partial charge in [0.2, 0.25) is 70.7 Å². The maximum atomic E-state index is 15.4. The molecule has 0 aromatic heterocycles. The van der Waals surface area contributed by atoms with Gasteiger partial charge < -0.3 is 70.4 Å². The average molecular weight is 1400 g/mol. The molecule has 1 spiro atoms. The number of nitrogens with one attached hydrogen (secondary N) is 5. The van der Waals surface area contributed by atoms with Crippen molar-refractivity contribution in [1.29, 1.82) is 0 Å². The Morgan fingerprint density at radius 2 is 0.980 bits per heavy atom. The molecule has 1 unspecified atom stereocenters. The Bertz CT molecular complexity index is 3180. The average Bonchev–Trinajstić information content (AvgIpc) is 1.56. The number of hydrogen-bond acceptors (Lipinski definition) is 14. The molecule has 26 nitrogen and oxygen atoms in total. The van der Waals surface area contributed by atoms with E-state index in [0.29, 0.717) is 43.5 Å². The molecule has 3 aliphatic rings. The number of hydrogen-bond donors (Lipinski definition) is 5. The summed E-state index contributed by atoms with van der Waals surface area (Å²) in [6, 6.07) is 4.48. The molecule has 5 rings (SSSR count). The summed E-state index contributed by atoms with van der Waals surface area (Å²) in [4.78, 5) is 189. The number of piperidine rings is 1. The van der Waals surface area contributed by atoms with E-state index in [1.807, 2.05) is 48.5 Å². The van der Waals surface area contributed by atoms with Crippen LogP contribution in [0.25, 0.3) is 0 Å². The van der Waals surface area contributed by atoms with Gasteiger partial charge in [0.25, 0.3) is 5.91 Å². The third kappa shape index (κ3) is 22.0. The minimum absolute atomic E-state index is 0.0700. The molecule has 26 heteroatoms. The number of carbonyl (C=O) groups is 12. The second-order valence-corrected chi connectivity index (χ2v) is 30.0. The SMILES string of the molecule is CC[C@H](C)[C@H]1C(=O)N(C)[C@@H](CC(C)C)C(=O)N[C@H](C(=O)N2CCCCC2)CC(=O)N(C)C(C)C(=O)N(C)[C@@H](CC(C)C)C(=O)N[C@@H](CC(C)C)C(=O)N(C)[C@@H](Cc2ccccc2)C(=O)N[C@@H](COC(C)(C)C)C(=O)N(C)[C@@H](Cc2ccccc2)C(=O)N[C@]2(O[C@@H]2C)C(=O)N[C@@H](C)C(=O)N1C. The van der Waals surface area contributed by atoms with Gasteiger partial charge in [-0.15, -0.1) is 0 Å². The number of likely N-dealkylation sites (tertiary alicyclic amines) is 1. The minimum Gasteiger partial charge on any atom is -0.373 e. The van der Waals surface area contributed by atoms with Crippen LogP contribution in [0.1, 0.15) is 159 Å². The van der Waals surface area contributed by atoms with Crippen LogP contribution in [0.15, 0.2) is 60.7 Å². The zero-order valence-corrected chi connectivity index (χ0v) is 63.0. The molecule has 3 fully saturated rings. The van der Waals surface area contributed by atoms with Gasteiger partial charge in [-0.2, -0.15) is 0 Å². The summed E-state index contributed by atoms with van der Waals surface area (Å²) in [6.45, 7) is 24.8. The Hall–Kier alpha value is -8.00. The summed E-state index contributed by atoms with van der Waals surface area (Å²) < 4.78 is 12.1. The minimum atomic E-state index is -2.06. The Balaban J connectivity index is 1.69. The van der Waals surface area contributed by atoms with Crippen LogP contribution in [0.5, 0.6) is 0 Å². The normalized spacial score (nSPS) is 27.7. The predicted molar refractivity (Wildman–Crippen MR) is 379 cm³/mol. The van der Waals surface area contributed by atoms with E-state index in [2.05, 4.69) is 26.6 Å². The summed E-state index contributed by atoms with van der Waals surface area (Å²) >= 11 is 0. The molecule has 13 atom stereocenters. The molecule has 12 amide bonds. The number of benzene rings is 2. The van der Waals surface area contributed by atoms with Crippen molar-refractivity contribution in [2.24, 2.45) is 23.7 Å². The molecule has 100 heavy (non-hydrogen) atoms. The van der Waals surface area contributed by atoms with E-state index in [-0.39, 0.29) is 49.9 Å². The maximum absolute atomic E-state index is 15.4. The van der Waals surface area contributed by atoms with Gasteiger partial charge in [-0.25, -0.2) is 0 Å². The monoisotopic (exact) mass is 1400 g/mol. The van der Waals surface area contributed by atoms with E-state index in [0.717, 1.165) is 16.2 Å². The molecule has 0 saturated carbocycles. The first kappa shape index (κ1) is 82.7. The number of likely N-dealkylation sites (N-methyl/N-ethyl adjacent to an activating group) is 6. The highest BCUT2D eigenvalue weighted by molar-refractivity contribution is 6.01. The Labute approximate surface area is 592 Å². The highest BCUT2D eigenvalue weighted by atomic mass is 16.6.